The van der Waals surface area contributed by atoms with Crippen LogP contribution in [-0.2, 0) is 9.53 Å². The third kappa shape index (κ3) is 2.15. The molecule has 18 heavy (non-hydrogen) atoms. The topological polar surface area (TPSA) is 44.8 Å². The van der Waals surface area contributed by atoms with Crippen LogP contribution in [-0.4, -0.2) is 19.9 Å². The largest absolute Gasteiger partial charge is 0.469 e. The predicted molar refractivity (Wildman–Crippen MR) is 66.9 cm³/mol. The quantitative estimate of drug-likeness (QED) is 0.774. The molecule has 0 aromatic heterocycles. The summed E-state index contributed by atoms with van der Waals surface area (Å²) in [5.41, 5.74) is 1.96. The van der Waals surface area contributed by atoms with E-state index in [1.54, 1.807) is 0 Å². The van der Waals surface area contributed by atoms with Gasteiger partial charge in [-0.3, -0.25) is 4.79 Å². The second kappa shape index (κ2) is 4.88. The van der Waals surface area contributed by atoms with Crippen LogP contribution in [0.3, 0.4) is 0 Å². The lowest BCUT2D eigenvalue weighted by Gasteiger charge is -2.21. The van der Waals surface area contributed by atoms with Crippen molar-refractivity contribution in [2.45, 2.75) is 26.7 Å². The number of esters is 1. The summed E-state index contributed by atoms with van der Waals surface area (Å²) in [7, 11) is 1.42. The zero-order valence-corrected chi connectivity index (χ0v) is 11.1. The third-order valence-electron chi connectivity index (χ3n) is 3.22. The molecule has 1 unspecified atom stereocenters. The molecule has 0 bridgehead atoms. The number of fused-ring (bicyclic) bond motifs is 1. The van der Waals surface area contributed by atoms with Gasteiger partial charge in [-0.25, -0.2) is 0 Å². The molecule has 1 aliphatic heterocycles. The first-order valence-corrected chi connectivity index (χ1v) is 6.02. The SMILES string of the molecule is COC(=O)C(c1cc2c(cc1C)OCO2)C(C)C. The van der Waals surface area contributed by atoms with E-state index in [0.717, 1.165) is 16.9 Å². The average Bonchev–Trinajstić information content (AvgIpc) is 2.75. The molecule has 0 spiro atoms. The summed E-state index contributed by atoms with van der Waals surface area (Å²) >= 11 is 0. The molecular weight excluding hydrogens is 232 g/mol. The molecule has 1 aromatic rings. The van der Waals surface area contributed by atoms with Gasteiger partial charge in [-0.15, -0.1) is 0 Å². The lowest BCUT2D eigenvalue weighted by Crippen LogP contribution is -2.20. The fraction of sp³-hybridized carbons (Fsp3) is 0.500. The van der Waals surface area contributed by atoms with Gasteiger partial charge in [-0.2, -0.15) is 0 Å². The Morgan fingerprint density at radius 3 is 2.44 bits per heavy atom. The molecule has 4 heteroatoms. The second-order valence-electron chi connectivity index (χ2n) is 4.81. The fourth-order valence-corrected chi connectivity index (χ4v) is 2.28. The number of benzene rings is 1. The van der Waals surface area contributed by atoms with Crippen molar-refractivity contribution in [3.05, 3.63) is 23.3 Å². The van der Waals surface area contributed by atoms with E-state index in [1.165, 1.54) is 7.11 Å². The molecule has 0 saturated carbocycles. The molecule has 0 aliphatic carbocycles. The predicted octanol–water partition coefficient (Wildman–Crippen LogP) is 2.64. The zero-order chi connectivity index (χ0) is 13.3. The van der Waals surface area contributed by atoms with E-state index < -0.39 is 0 Å². The van der Waals surface area contributed by atoms with Crippen LogP contribution in [0.25, 0.3) is 0 Å². The number of hydrogen-bond donors (Lipinski definition) is 0. The number of ether oxygens (including phenoxy) is 3. The second-order valence-corrected chi connectivity index (χ2v) is 4.81. The van der Waals surface area contributed by atoms with Crippen LogP contribution in [0.2, 0.25) is 0 Å². The molecule has 0 fully saturated rings. The van der Waals surface area contributed by atoms with E-state index in [-0.39, 0.29) is 24.6 Å². The Bertz CT molecular complexity index is 465. The minimum atomic E-state index is -0.274. The highest BCUT2D eigenvalue weighted by Crippen LogP contribution is 2.39. The number of aryl methyl sites for hydroxylation is 1. The highest BCUT2D eigenvalue weighted by Gasteiger charge is 2.28. The van der Waals surface area contributed by atoms with Crippen LogP contribution in [0.15, 0.2) is 12.1 Å². The Kier molecular flexibility index (Phi) is 3.45. The molecule has 1 atom stereocenters. The maximum absolute atomic E-state index is 11.9. The lowest BCUT2D eigenvalue weighted by atomic mass is 9.85. The zero-order valence-electron chi connectivity index (χ0n) is 11.1. The molecule has 1 aliphatic rings. The van der Waals surface area contributed by atoms with Crippen LogP contribution < -0.4 is 9.47 Å². The molecule has 0 amide bonds. The van der Waals surface area contributed by atoms with E-state index in [9.17, 15) is 4.79 Å². The van der Waals surface area contributed by atoms with Gasteiger partial charge in [-0.1, -0.05) is 13.8 Å². The Balaban J connectivity index is 2.45. The number of carbonyl (C=O) groups is 1. The summed E-state index contributed by atoms with van der Waals surface area (Å²) in [5, 5.41) is 0. The standard InChI is InChI=1S/C14H18O4/c1-8(2)13(14(15)16-4)10-6-12-11(5-9(10)3)17-7-18-12/h5-6,8,13H,7H2,1-4H3. The Hall–Kier alpha value is -1.71. The summed E-state index contributed by atoms with van der Waals surface area (Å²) in [6, 6.07) is 3.80. The first-order chi connectivity index (χ1) is 8.54. The van der Waals surface area contributed by atoms with Gasteiger partial charge in [-0.05, 0) is 36.1 Å². The molecule has 0 saturated heterocycles. The number of rotatable bonds is 3. The summed E-state index contributed by atoms with van der Waals surface area (Å²) < 4.78 is 15.6. The first-order valence-electron chi connectivity index (χ1n) is 6.02. The highest BCUT2D eigenvalue weighted by molar-refractivity contribution is 5.79. The molecule has 0 N–H and O–H groups in total. The highest BCUT2D eigenvalue weighted by atomic mass is 16.7. The summed E-state index contributed by atoms with van der Waals surface area (Å²) in [6.07, 6.45) is 0. The van der Waals surface area contributed by atoms with Crippen molar-refractivity contribution in [3.8, 4) is 11.5 Å². The van der Waals surface area contributed by atoms with Crippen molar-refractivity contribution in [1.82, 2.24) is 0 Å². The molecule has 2 rings (SSSR count). The van der Waals surface area contributed by atoms with Crippen LogP contribution in [0.5, 0.6) is 11.5 Å². The number of hydrogen-bond acceptors (Lipinski definition) is 4. The minimum Gasteiger partial charge on any atom is -0.469 e. The van der Waals surface area contributed by atoms with Gasteiger partial charge in [0.25, 0.3) is 0 Å². The van der Waals surface area contributed by atoms with Crippen molar-refractivity contribution in [2.24, 2.45) is 5.92 Å². The van der Waals surface area contributed by atoms with Gasteiger partial charge < -0.3 is 14.2 Å². The monoisotopic (exact) mass is 250 g/mol. The lowest BCUT2D eigenvalue weighted by molar-refractivity contribution is -0.143. The molecule has 1 heterocycles. The Labute approximate surface area is 107 Å². The van der Waals surface area contributed by atoms with Gasteiger partial charge >= 0.3 is 5.97 Å². The van der Waals surface area contributed by atoms with E-state index in [1.807, 2.05) is 32.9 Å². The molecule has 0 radical (unpaired) electrons. The Morgan fingerprint density at radius 1 is 1.28 bits per heavy atom. The normalized spacial score (nSPS) is 14.7. The number of carbonyl (C=O) groups excluding carboxylic acids is 1. The van der Waals surface area contributed by atoms with E-state index in [4.69, 9.17) is 14.2 Å². The summed E-state index contributed by atoms with van der Waals surface area (Å²) in [5.74, 6) is 1.11. The van der Waals surface area contributed by atoms with Gasteiger partial charge in [0.05, 0.1) is 13.0 Å². The maximum atomic E-state index is 11.9. The van der Waals surface area contributed by atoms with Crippen LogP contribution in [0.4, 0.5) is 0 Å². The van der Waals surface area contributed by atoms with Gasteiger partial charge in [0, 0.05) is 0 Å². The first kappa shape index (κ1) is 12.7. The summed E-state index contributed by atoms with van der Waals surface area (Å²) in [6.45, 7) is 6.22. The summed E-state index contributed by atoms with van der Waals surface area (Å²) in [4.78, 5) is 11.9. The van der Waals surface area contributed by atoms with Gasteiger partial charge in [0.2, 0.25) is 6.79 Å². The van der Waals surface area contributed by atoms with Crippen molar-refractivity contribution < 1.29 is 19.0 Å². The van der Waals surface area contributed by atoms with Crippen LogP contribution in [0, 0.1) is 12.8 Å². The van der Waals surface area contributed by atoms with Crippen LogP contribution >= 0.6 is 0 Å². The number of methoxy groups -OCH3 is 1. The van der Waals surface area contributed by atoms with Gasteiger partial charge in [0.15, 0.2) is 11.5 Å². The molecule has 98 valence electrons. The third-order valence-corrected chi connectivity index (χ3v) is 3.22. The van der Waals surface area contributed by atoms with Crippen molar-refractivity contribution >= 4 is 5.97 Å². The smallest absolute Gasteiger partial charge is 0.313 e. The van der Waals surface area contributed by atoms with E-state index in [2.05, 4.69) is 0 Å². The average molecular weight is 250 g/mol. The van der Waals surface area contributed by atoms with Crippen molar-refractivity contribution in [3.63, 3.8) is 0 Å². The van der Waals surface area contributed by atoms with E-state index in [0.29, 0.717) is 5.75 Å². The maximum Gasteiger partial charge on any atom is 0.313 e. The fourth-order valence-electron chi connectivity index (χ4n) is 2.28. The Morgan fingerprint density at radius 2 is 1.89 bits per heavy atom. The molecule has 4 nitrogen and oxygen atoms in total. The van der Waals surface area contributed by atoms with E-state index >= 15 is 0 Å². The van der Waals surface area contributed by atoms with Gasteiger partial charge in [0.1, 0.15) is 0 Å². The molecular formula is C14H18O4. The van der Waals surface area contributed by atoms with Crippen molar-refractivity contribution in [2.75, 3.05) is 13.9 Å². The van der Waals surface area contributed by atoms with Crippen molar-refractivity contribution in [1.29, 1.82) is 0 Å². The minimum absolute atomic E-state index is 0.163. The molecule has 1 aromatic carbocycles. The van der Waals surface area contributed by atoms with Crippen LogP contribution in [0.1, 0.15) is 30.9 Å².